The number of carbonyl (C=O) groups is 1. The number of aldehydes is 1. The van der Waals surface area contributed by atoms with Crippen molar-refractivity contribution < 1.29 is 4.79 Å². The topological polar surface area (TPSA) is 42.0 Å². The molecule has 0 saturated carbocycles. The van der Waals surface area contributed by atoms with E-state index in [0.717, 1.165) is 34.9 Å². The maximum absolute atomic E-state index is 10.0. The van der Waals surface area contributed by atoms with Crippen molar-refractivity contribution in [2.24, 2.45) is 0 Å². The van der Waals surface area contributed by atoms with Gasteiger partial charge in [-0.25, -0.2) is 0 Å². The van der Waals surface area contributed by atoms with Gasteiger partial charge in [-0.05, 0) is 34.8 Å². The molecule has 0 atom stereocenters. The predicted octanol–water partition coefficient (Wildman–Crippen LogP) is 3.35. The molecular formula is C13H15BrN2O. The first kappa shape index (κ1) is 13.6. The molecule has 0 bridgehead atoms. The monoisotopic (exact) mass is 294 g/mol. The van der Waals surface area contributed by atoms with Gasteiger partial charge in [0.15, 0.2) is 0 Å². The summed E-state index contributed by atoms with van der Waals surface area (Å²) in [5, 5.41) is 2.98. The van der Waals surface area contributed by atoms with Crippen LogP contribution in [0, 0.1) is 0 Å². The maximum Gasteiger partial charge on any atom is 0.149 e. The Balaban J connectivity index is 0.000000171. The molecular weight excluding hydrogens is 280 g/mol. The lowest BCUT2D eigenvalue weighted by atomic mass is 10.1. The van der Waals surface area contributed by atoms with E-state index in [1.807, 2.05) is 31.3 Å². The summed E-state index contributed by atoms with van der Waals surface area (Å²) in [5.41, 5.74) is 1.83. The molecule has 0 radical (unpaired) electrons. The van der Waals surface area contributed by atoms with E-state index in [9.17, 15) is 4.79 Å². The highest BCUT2D eigenvalue weighted by Gasteiger charge is 1.91. The predicted molar refractivity (Wildman–Crippen MR) is 74.0 cm³/mol. The van der Waals surface area contributed by atoms with Crippen LogP contribution in [0.1, 0.15) is 12.8 Å². The summed E-state index contributed by atoms with van der Waals surface area (Å²) in [5.74, 6) is 0. The molecule has 17 heavy (non-hydrogen) atoms. The zero-order chi connectivity index (χ0) is 12.5. The van der Waals surface area contributed by atoms with Crippen molar-refractivity contribution in [3.8, 4) is 0 Å². The van der Waals surface area contributed by atoms with Crippen LogP contribution in [-0.2, 0) is 4.79 Å². The van der Waals surface area contributed by atoms with E-state index in [0.29, 0.717) is 0 Å². The highest BCUT2D eigenvalue weighted by molar-refractivity contribution is 9.10. The lowest BCUT2D eigenvalue weighted by molar-refractivity contribution is -0.104. The molecule has 90 valence electrons. The largest absolute Gasteiger partial charge is 0.387 e. The smallest absolute Gasteiger partial charge is 0.149 e. The van der Waals surface area contributed by atoms with E-state index in [2.05, 4.69) is 26.2 Å². The molecule has 1 aliphatic carbocycles. The minimum absolute atomic E-state index is 0.816. The van der Waals surface area contributed by atoms with Crippen LogP contribution in [0.25, 0.3) is 0 Å². The lowest BCUT2D eigenvalue weighted by Crippen LogP contribution is -1.87. The van der Waals surface area contributed by atoms with Crippen LogP contribution in [0.15, 0.2) is 46.7 Å². The third-order valence-corrected chi connectivity index (χ3v) is 2.59. The molecule has 3 nitrogen and oxygen atoms in total. The van der Waals surface area contributed by atoms with Crippen LogP contribution in [0.5, 0.6) is 0 Å². The molecule has 0 aliphatic heterocycles. The van der Waals surface area contributed by atoms with Gasteiger partial charge in [-0.1, -0.05) is 18.2 Å². The van der Waals surface area contributed by atoms with Gasteiger partial charge in [-0.2, -0.15) is 0 Å². The summed E-state index contributed by atoms with van der Waals surface area (Å²) >= 11 is 3.30. The van der Waals surface area contributed by atoms with E-state index >= 15 is 0 Å². The van der Waals surface area contributed by atoms with E-state index in [1.54, 1.807) is 12.4 Å². The van der Waals surface area contributed by atoms with Crippen LogP contribution < -0.4 is 5.32 Å². The summed E-state index contributed by atoms with van der Waals surface area (Å²) in [6.07, 6.45) is 12.3. The second-order valence-corrected chi connectivity index (χ2v) is 4.36. The van der Waals surface area contributed by atoms with E-state index < -0.39 is 0 Å². The molecule has 2 rings (SSSR count). The highest BCUT2D eigenvalue weighted by atomic mass is 79.9. The van der Waals surface area contributed by atoms with Gasteiger partial charge in [0.1, 0.15) is 6.29 Å². The van der Waals surface area contributed by atoms with E-state index in [1.165, 1.54) is 0 Å². The zero-order valence-corrected chi connectivity index (χ0v) is 11.3. The molecule has 1 aromatic heterocycles. The summed E-state index contributed by atoms with van der Waals surface area (Å²) in [6, 6.07) is 1.97. The summed E-state index contributed by atoms with van der Waals surface area (Å²) in [6.45, 7) is 0. The summed E-state index contributed by atoms with van der Waals surface area (Å²) in [4.78, 5) is 14.0. The van der Waals surface area contributed by atoms with Gasteiger partial charge in [0.25, 0.3) is 0 Å². The molecule has 0 unspecified atom stereocenters. The number of halogens is 1. The van der Waals surface area contributed by atoms with Gasteiger partial charge < -0.3 is 5.32 Å². The highest BCUT2D eigenvalue weighted by Crippen LogP contribution is 2.12. The van der Waals surface area contributed by atoms with Crippen molar-refractivity contribution in [2.75, 3.05) is 12.4 Å². The quantitative estimate of drug-likeness (QED) is 0.851. The molecule has 1 heterocycles. The molecule has 0 amide bonds. The molecule has 1 aromatic rings. The van der Waals surface area contributed by atoms with Crippen LogP contribution in [0.2, 0.25) is 0 Å². The Labute approximate surface area is 110 Å². The Bertz CT molecular complexity index is 427. The molecule has 1 N–H and O–H groups in total. The number of aromatic nitrogens is 1. The number of pyridine rings is 1. The van der Waals surface area contributed by atoms with Crippen molar-refractivity contribution in [3.63, 3.8) is 0 Å². The number of hydrogen-bond donors (Lipinski definition) is 1. The number of rotatable bonds is 2. The minimum atomic E-state index is 0.816. The second kappa shape index (κ2) is 7.79. The number of carbonyl (C=O) groups excluding carboxylic acids is 1. The second-order valence-electron chi connectivity index (χ2n) is 3.44. The van der Waals surface area contributed by atoms with E-state index in [4.69, 9.17) is 0 Å². The van der Waals surface area contributed by atoms with Gasteiger partial charge in [0.2, 0.25) is 0 Å². The van der Waals surface area contributed by atoms with Crippen LogP contribution in [0.3, 0.4) is 0 Å². The van der Waals surface area contributed by atoms with Gasteiger partial charge in [0.05, 0.1) is 11.9 Å². The molecule has 0 spiro atoms. The van der Waals surface area contributed by atoms with E-state index in [-0.39, 0.29) is 0 Å². The minimum Gasteiger partial charge on any atom is -0.387 e. The first-order chi connectivity index (χ1) is 8.26. The summed E-state index contributed by atoms with van der Waals surface area (Å²) in [7, 11) is 1.86. The molecule has 1 aliphatic rings. The fraction of sp³-hybridized carbons (Fsp3) is 0.231. The Hall–Kier alpha value is -1.42. The van der Waals surface area contributed by atoms with Crippen LogP contribution >= 0.6 is 15.9 Å². The van der Waals surface area contributed by atoms with Crippen molar-refractivity contribution in [1.82, 2.24) is 4.98 Å². The standard InChI is InChI=1S/C7H8O.C6H7BrN2/c8-6-7-4-2-1-3-5-7;1-8-6-2-5(7)3-9-4-6/h2,4-6H,1,3H2;2-4,8H,1H3. The molecule has 4 heteroatoms. The first-order valence-electron chi connectivity index (χ1n) is 5.36. The van der Waals surface area contributed by atoms with Crippen LogP contribution in [0.4, 0.5) is 5.69 Å². The Kier molecular flexibility index (Phi) is 6.25. The maximum atomic E-state index is 10.0. The Morgan fingerprint density at radius 3 is 2.65 bits per heavy atom. The van der Waals surface area contributed by atoms with Gasteiger partial charge in [-0.3, -0.25) is 9.78 Å². The zero-order valence-electron chi connectivity index (χ0n) is 9.69. The average Bonchev–Trinajstić information content (AvgIpc) is 2.40. The number of anilines is 1. The van der Waals surface area contributed by atoms with Crippen molar-refractivity contribution in [1.29, 1.82) is 0 Å². The normalized spacial score (nSPS) is 13.2. The number of nitrogens with zero attached hydrogens (tertiary/aromatic N) is 1. The Morgan fingerprint density at radius 1 is 1.41 bits per heavy atom. The molecule has 0 fully saturated rings. The third-order valence-electron chi connectivity index (χ3n) is 2.15. The van der Waals surface area contributed by atoms with Crippen molar-refractivity contribution in [3.05, 3.63) is 46.7 Å². The summed E-state index contributed by atoms with van der Waals surface area (Å²) < 4.78 is 0.995. The van der Waals surface area contributed by atoms with Gasteiger partial charge in [-0.15, -0.1) is 0 Å². The van der Waals surface area contributed by atoms with Crippen molar-refractivity contribution >= 4 is 27.9 Å². The number of nitrogens with one attached hydrogen (secondary N) is 1. The molecule has 0 aromatic carbocycles. The average molecular weight is 295 g/mol. The Morgan fingerprint density at radius 2 is 2.24 bits per heavy atom. The third kappa shape index (κ3) is 5.45. The first-order valence-corrected chi connectivity index (χ1v) is 6.15. The van der Waals surface area contributed by atoms with Gasteiger partial charge >= 0.3 is 0 Å². The lowest BCUT2D eigenvalue weighted by Gasteiger charge is -1.96. The SMILES string of the molecule is CNc1cncc(Br)c1.O=CC1=CCCC=C1. The van der Waals surface area contributed by atoms with Crippen molar-refractivity contribution in [2.45, 2.75) is 12.8 Å². The number of allylic oxidation sites excluding steroid dienone is 4. The molecule has 0 saturated heterocycles. The fourth-order valence-electron chi connectivity index (χ4n) is 1.27. The number of hydrogen-bond acceptors (Lipinski definition) is 3. The van der Waals surface area contributed by atoms with Gasteiger partial charge in [0, 0.05) is 23.3 Å². The van der Waals surface area contributed by atoms with Crippen LogP contribution in [-0.4, -0.2) is 18.3 Å². The fourth-order valence-corrected chi connectivity index (χ4v) is 1.63.